The summed E-state index contributed by atoms with van der Waals surface area (Å²) in [5, 5.41) is 0. The van der Waals surface area contributed by atoms with Crippen LogP contribution in [0.25, 0.3) is 0 Å². The molecule has 244 valence electrons. The summed E-state index contributed by atoms with van der Waals surface area (Å²) in [6.45, 7) is 19.2. The monoisotopic (exact) mass is 636 g/mol. The Morgan fingerprint density at radius 1 is 0.956 bits per heavy atom. The number of benzene rings is 2. The van der Waals surface area contributed by atoms with Crippen molar-refractivity contribution < 1.29 is 22.3 Å². The molecule has 0 unspecified atom stereocenters. The summed E-state index contributed by atoms with van der Waals surface area (Å²) in [6, 6.07) is 9.68. The van der Waals surface area contributed by atoms with Crippen LogP contribution in [0.2, 0.25) is 0 Å². The van der Waals surface area contributed by atoms with E-state index < -0.39 is 10.0 Å². The lowest BCUT2D eigenvalue weighted by atomic mass is 9.87. The highest BCUT2D eigenvalue weighted by Gasteiger charge is 2.36. The van der Waals surface area contributed by atoms with Gasteiger partial charge in [0.15, 0.2) is 0 Å². The summed E-state index contributed by atoms with van der Waals surface area (Å²) >= 11 is 0. The predicted molar refractivity (Wildman–Crippen MR) is 177 cm³/mol. The van der Waals surface area contributed by atoms with Gasteiger partial charge in [-0.05, 0) is 99.2 Å². The molecule has 0 amide bonds. The van der Waals surface area contributed by atoms with Gasteiger partial charge in [0.25, 0.3) is 0 Å². The van der Waals surface area contributed by atoms with E-state index in [0.717, 1.165) is 46.4 Å². The minimum atomic E-state index is -3.72. The number of rotatable bonds is 7. The SMILES string of the molecule is Cc1c(C)c(S(=O)(=O)N2CCCN(Cc3cc(=O)c(OCc4ccc(C(C)(C)C)cc4)co3)CC2)c(C)c2c1OC(C)(C)CC2. The van der Waals surface area contributed by atoms with E-state index in [9.17, 15) is 13.2 Å². The summed E-state index contributed by atoms with van der Waals surface area (Å²) in [5.74, 6) is 1.54. The maximum atomic E-state index is 14.1. The molecule has 3 heterocycles. The molecule has 1 saturated heterocycles. The van der Waals surface area contributed by atoms with E-state index >= 15 is 0 Å². The second-order valence-corrected chi connectivity index (χ2v) is 16.1. The third-order valence-electron chi connectivity index (χ3n) is 9.26. The van der Waals surface area contributed by atoms with Gasteiger partial charge >= 0.3 is 0 Å². The number of hydrogen-bond donors (Lipinski definition) is 0. The molecule has 1 aromatic heterocycles. The molecule has 45 heavy (non-hydrogen) atoms. The van der Waals surface area contributed by atoms with Gasteiger partial charge in [-0.25, -0.2) is 8.42 Å². The number of ether oxygens (including phenoxy) is 2. The van der Waals surface area contributed by atoms with Crippen LogP contribution in [0.5, 0.6) is 11.5 Å². The fraction of sp³-hybridized carbons (Fsp3) is 0.528. The van der Waals surface area contributed by atoms with Crippen molar-refractivity contribution in [3.8, 4) is 11.5 Å². The van der Waals surface area contributed by atoms with E-state index in [-0.39, 0.29) is 28.8 Å². The second kappa shape index (κ2) is 12.6. The van der Waals surface area contributed by atoms with Gasteiger partial charge in [0.1, 0.15) is 30.0 Å². The van der Waals surface area contributed by atoms with Gasteiger partial charge in [0.05, 0.1) is 11.4 Å². The Balaban J connectivity index is 1.23. The first kappa shape index (κ1) is 33.2. The van der Waals surface area contributed by atoms with Gasteiger partial charge < -0.3 is 13.9 Å². The van der Waals surface area contributed by atoms with Gasteiger partial charge in [-0.1, -0.05) is 45.0 Å². The van der Waals surface area contributed by atoms with Gasteiger partial charge in [-0.3, -0.25) is 9.69 Å². The summed E-state index contributed by atoms with van der Waals surface area (Å²) in [7, 11) is -3.72. The Hall–Kier alpha value is -3.14. The summed E-state index contributed by atoms with van der Waals surface area (Å²) in [5.41, 5.74) is 5.26. The zero-order valence-electron chi connectivity index (χ0n) is 28.1. The molecular formula is C36H48N2O6S. The van der Waals surface area contributed by atoms with E-state index in [1.807, 2.05) is 32.9 Å². The van der Waals surface area contributed by atoms with Crippen LogP contribution in [-0.4, -0.2) is 49.4 Å². The van der Waals surface area contributed by atoms with Crippen LogP contribution in [0.15, 0.2) is 50.7 Å². The lowest BCUT2D eigenvalue weighted by Crippen LogP contribution is -2.37. The number of hydrogen-bond acceptors (Lipinski definition) is 7. The molecule has 8 nitrogen and oxygen atoms in total. The van der Waals surface area contributed by atoms with Crippen molar-refractivity contribution >= 4 is 10.0 Å². The molecule has 5 rings (SSSR count). The molecule has 2 aromatic carbocycles. The Morgan fingerprint density at radius 3 is 2.33 bits per heavy atom. The minimum Gasteiger partial charge on any atom is -0.487 e. The zero-order chi connectivity index (χ0) is 32.7. The molecule has 2 aliphatic rings. The molecule has 0 aliphatic carbocycles. The molecule has 0 N–H and O–H groups in total. The maximum Gasteiger partial charge on any atom is 0.243 e. The molecule has 0 atom stereocenters. The van der Waals surface area contributed by atoms with E-state index in [4.69, 9.17) is 13.9 Å². The van der Waals surface area contributed by atoms with Gasteiger partial charge in [-0.2, -0.15) is 4.31 Å². The quantitative estimate of drug-likeness (QED) is 0.295. The second-order valence-electron chi connectivity index (χ2n) is 14.2. The fourth-order valence-electron chi connectivity index (χ4n) is 6.32. The molecule has 1 fully saturated rings. The van der Waals surface area contributed by atoms with Crippen molar-refractivity contribution in [3.05, 3.63) is 86.0 Å². The van der Waals surface area contributed by atoms with Crippen LogP contribution in [0, 0.1) is 20.8 Å². The largest absolute Gasteiger partial charge is 0.487 e. The zero-order valence-corrected chi connectivity index (χ0v) is 28.9. The van der Waals surface area contributed by atoms with E-state index in [2.05, 4.69) is 51.7 Å². The molecule has 0 radical (unpaired) electrons. The van der Waals surface area contributed by atoms with Crippen LogP contribution in [-0.2, 0) is 35.0 Å². The highest BCUT2D eigenvalue weighted by Crippen LogP contribution is 2.42. The minimum absolute atomic E-state index is 0.0719. The third-order valence-corrected chi connectivity index (χ3v) is 11.4. The van der Waals surface area contributed by atoms with Crippen LogP contribution < -0.4 is 14.9 Å². The van der Waals surface area contributed by atoms with Gasteiger partial charge in [0, 0.05) is 25.7 Å². The fourth-order valence-corrected chi connectivity index (χ4v) is 8.32. The predicted octanol–water partition coefficient (Wildman–Crippen LogP) is 6.44. The molecule has 3 aromatic rings. The van der Waals surface area contributed by atoms with Gasteiger partial charge in [0.2, 0.25) is 21.2 Å². The summed E-state index contributed by atoms with van der Waals surface area (Å²) < 4.78 is 47.7. The molecule has 9 heteroatoms. The Morgan fingerprint density at radius 2 is 1.67 bits per heavy atom. The van der Waals surface area contributed by atoms with Crippen molar-refractivity contribution in [1.29, 1.82) is 0 Å². The average Bonchev–Trinajstić information content (AvgIpc) is 3.21. The Labute approximate surface area is 268 Å². The third kappa shape index (κ3) is 7.16. The lowest BCUT2D eigenvalue weighted by molar-refractivity contribution is 0.0831. The average molecular weight is 637 g/mol. The normalized spacial score (nSPS) is 17.8. The van der Waals surface area contributed by atoms with Crippen LogP contribution in [0.3, 0.4) is 0 Å². The molecule has 0 bridgehead atoms. The highest BCUT2D eigenvalue weighted by atomic mass is 32.2. The lowest BCUT2D eigenvalue weighted by Gasteiger charge is -2.36. The first-order valence-corrected chi connectivity index (χ1v) is 17.4. The molecule has 0 spiro atoms. The number of nitrogens with zero attached hydrogens (tertiary/aromatic N) is 2. The highest BCUT2D eigenvalue weighted by molar-refractivity contribution is 7.89. The summed E-state index contributed by atoms with van der Waals surface area (Å²) in [4.78, 5) is 15.4. The van der Waals surface area contributed by atoms with Crippen molar-refractivity contribution in [2.75, 3.05) is 26.2 Å². The molecule has 0 saturated carbocycles. The number of fused-ring (bicyclic) bond motifs is 1. The summed E-state index contributed by atoms with van der Waals surface area (Å²) in [6.07, 6.45) is 3.70. The van der Waals surface area contributed by atoms with Crippen molar-refractivity contribution in [2.45, 2.75) is 104 Å². The van der Waals surface area contributed by atoms with Crippen molar-refractivity contribution in [2.24, 2.45) is 0 Å². The van der Waals surface area contributed by atoms with Crippen molar-refractivity contribution in [3.63, 3.8) is 0 Å². The Kier molecular flexibility index (Phi) is 9.28. The van der Waals surface area contributed by atoms with Crippen LogP contribution >= 0.6 is 0 Å². The smallest absolute Gasteiger partial charge is 0.243 e. The number of sulfonamides is 1. The van der Waals surface area contributed by atoms with E-state index in [1.165, 1.54) is 17.9 Å². The first-order chi connectivity index (χ1) is 21.1. The van der Waals surface area contributed by atoms with Gasteiger partial charge in [-0.15, -0.1) is 0 Å². The first-order valence-electron chi connectivity index (χ1n) is 15.9. The Bertz CT molecular complexity index is 1720. The molecular weight excluding hydrogens is 588 g/mol. The molecule has 2 aliphatic heterocycles. The van der Waals surface area contributed by atoms with Crippen LogP contribution in [0.1, 0.15) is 86.6 Å². The topological polar surface area (TPSA) is 89.3 Å². The maximum absolute atomic E-state index is 14.1. The van der Waals surface area contributed by atoms with Crippen LogP contribution in [0.4, 0.5) is 0 Å². The van der Waals surface area contributed by atoms with Crippen molar-refractivity contribution in [1.82, 2.24) is 9.21 Å². The van der Waals surface area contributed by atoms with E-state index in [1.54, 1.807) is 4.31 Å². The van der Waals surface area contributed by atoms with E-state index in [0.29, 0.717) is 49.8 Å². The standard InChI is InChI=1S/C36H48N2O6S/c1-24-25(2)34(26(3)30-14-15-36(7,8)44-33(24)30)45(40,41)38-17-9-16-37(18-19-38)21-29-20-31(39)32(23-42-29)43-22-27-10-12-28(13-11-27)35(4,5)6/h10-13,20,23H,9,14-19,21-22H2,1-8H3.